The van der Waals surface area contributed by atoms with Gasteiger partial charge >= 0.3 is 0 Å². The zero-order valence-electron chi connectivity index (χ0n) is 12.0. The summed E-state index contributed by atoms with van der Waals surface area (Å²) in [7, 11) is 0. The van der Waals surface area contributed by atoms with Crippen LogP contribution in [0.3, 0.4) is 0 Å². The van der Waals surface area contributed by atoms with Crippen LogP contribution in [0, 0.1) is 11.8 Å². The lowest BCUT2D eigenvalue weighted by Gasteiger charge is -1.98. The molecular weight excluding hydrogens is 274 g/mol. The topological polar surface area (TPSA) is 35.3 Å². The summed E-state index contributed by atoms with van der Waals surface area (Å²) in [6, 6.07) is 19.9. The standard InChI is InChI=1S/C19H15NO2/c1-3-8-16(9-4-1)14-21-13-7-12-19-20-18(15-22-19)17-10-5-2-6-11-17/h1-6,8-11,15H,13-14H2. The van der Waals surface area contributed by atoms with Crippen molar-refractivity contribution in [2.75, 3.05) is 6.61 Å². The lowest BCUT2D eigenvalue weighted by molar-refractivity contribution is 0.153. The maximum absolute atomic E-state index is 5.49. The van der Waals surface area contributed by atoms with Gasteiger partial charge in [0.05, 0.1) is 6.61 Å². The molecule has 0 aliphatic rings. The molecule has 0 fully saturated rings. The van der Waals surface area contributed by atoms with Crippen molar-refractivity contribution < 1.29 is 9.15 Å². The summed E-state index contributed by atoms with van der Waals surface area (Å²) in [5, 5.41) is 0. The number of oxazole rings is 1. The average Bonchev–Trinajstić information content (AvgIpc) is 3.05. The quantitative estimate of drug-likeness (QED) is 0.539. The van der Waals surface area contributed by atoms with Crippen LogP contribution < -0.4 is 0 Å². The highest BCUT2D eigenvalue weighted by Crippen LogP contribution is 2.17. The normalized spacial score (nSPS) is 10.0. The second-order valence-electron chi connectivity index (χ2n) is 4.68. The monoisotopic (exact) mass is 289 g/mol. The number of hydrogen-bond donors (Lipinski definition) is 0. The number of rotatable bonds is 4. The van der Waals surface area contributed by atoms with Crippen LogP contribution in [-0.4, -0.2) is 11.6 Å². The molecule has 0 N–H and O–H groups in total. The Labute approximate surface area is 129 Å². The molecule has 0 aliphatic carbocycles. The van der Waals surface area contributed by atoms with E-state index in [-0.39, 0.29) is 0 Å². The van der Waals surface area contributed by atoms with Crippen molar-refractivity contribution in [2.45, 2.75) is 6.61 Å². The van der Waals surface area contributed by atoms with Gasteiger partial charge in [-0.3, -0.25) is 0 Å². The van der Waals surface area contributed by atoms with Crippen molar-refractivity contribution >= 4 is 0 Å². The van der Waals surface area contributed by atoms with Gasteiger partial charge in [0.2, 0.25) is 0 Å². The number of ether oxygens (including phenoxy) is 1. The minimum absolute atomic E-state index is 0.345. The molecule has 3 aromatic rings. The van der Waals surface area contributed by atoms with Gasteiger partial charge in [0.15, 0.2) is 0 Å². The zero-order chi connectivity index (χ0) is 15.0. The fraction of sp³-hybridized carbons (Fsp3) is 0.105. The lowest BCUT2D eigenvalue weighted by atomic mass is 10.2. The summed E-state index contributed by atoms with van der Waals surface area (Å²) in [4.78, 5) is 4.34. The minimum atomic E-state index is 0.345. The molecule has 1 heterocycles. The fourth-order valence-electron chi connectivity index (χ4n) is 1.98. The molecule has 0 radical (unpaired) electrons. The van der Waals surface area contributed by atoms with Crippen LogP contribution in [0.15, 0.2) is 71.3 Å². The Hall–Kier alpha value is -2.83. The second-order valence-corrected chi connectivity index (χ2v) is 4.68. The molecule has 0 amide bonds. The highest BCUT2D eigenvalue weighted by atomic mass is 16.5. The number of nitrogens with zero attached hydrogens (tertiary/aromatic N) is 1. The largest absolute Gasteiger partial charge is 0.438 e. The number of hydrogen-bond acceptors (Lipinski definition) is 3. The summed E-state index contributed by atoms with van der Waals surface area (Å²) in [6.45, 7) is 0.897. The SMILES string of the molecule is C(#Cc1nc(-c2ccccc2)co1)COCc1ccccc1. The first kappa shape index (κ1) is 14.1. The second kappa shape index (κ2) is 7.26. The highest BCUT2D eigenvalue weighted by Gasteiger charge is 2.02. The Morgan fingerprint density at radius 3 is 2.45 bits per heavy atom. The molecule has 3 heteroatoms. The van der Waals surface area contributed by atoms with Crippen LogP contribution in [-0.2, 0) is 11.3 Å². The first-order valence-electron chi connectivity index (χ1n) is 7.03. The van der Waals surface area contributed by atoms with E-state index < -0.39 is 0 Å². The van der Waals surface area contributed by atoms with Gasteiger partial charge in [-0.1, -0.05) is 66.6 Å². The summed E-state index contributed by atoms with van der Waals surface area (Å²) in [5.41, 5.74) is 2.93. The van der Waals surface area contributed by atoms with Gasteiger partial charge in [-0.25, -0.2) is 4.98 Å². The summed E-state index contributed by atoms with van der Waals surface area (Å²) >= 11 is 0. The van der Waals surface area contributed by atoms with E-state index in [9.17, 15) is 0 Å². The molecule has 0 bridgehead atoms. The van der Waals surface area contributed by atoms with E-state index in [2.05, 4.69) is 16.8 Å². The van der Waals surface area contributed by atoms with Crippen molar-refractivity contribution in [2.24, 2.45) is 0 Å². The molecule has 22 heavy (non-hydrogen) atoms. The van der Waals surface area contributed by atoms with E-state index in [1.165, 1.54) is 0 Å². The van der Waals surface area contributed by atoms with Gasteiger partial charge in [-0.05, 0) is 11.5 Å². The zero-order valence-corrected chi connectivity index (χ0v) is 12.0. The lowest BCUT2D eigenvalue weighted by Crippen LogP contribution is -1.92. The van der Waals surface area contributed by atoms with Crippen LogP contribution in [0.4, 0.5) is 0 Å². The average molecular weight is 289 g/mol. The Balaban J connectivity index is 1.53. The molecule has 3 rings (SSSR count). The van der Waals surface area contributed by atoms with E-state index in [1.54, 1.807) is 6.26 Å². The Morgan fingerprint density at radius 1 is 0.955 bits per heavy atom. The molecule has 108 valence electrons. The summed E-state index contributed by atoms with van der Waals surface area (Å²) < 4.78 is 10.8. The summed E-state index contributed by atoms with van der Waals surface area (Å²) in [5.74, 6) is 6.18. The molecule has 0 spiro atoms. The molecule has 0 atom stereocenters. The number of aromatic nitrogens is 1. The molecule has 0 saturated heterocycles. The van der Waals surface area contributed by atoms with Gasteiger partial charge < -0.3 is 9.15 Å². The first-order chi connectivity index (χ1) is 10.9. The Morgan fingerprint density at radius 2 is 1.68 bits per heavy atom. The van der Waals surface area contributed by atoms with Gasteiger partial charge in [0, 0.05) is 5.56 Å². The van der Waals surface area contributed by atoms with Crippen molar-refractivity contribution in [1.29, 1.82) is 0 Å². The maximum Gasteiger partial charge on any atom is 0.273 e. The Bertz CT molecular complexity index is 767. The Kier molecular flexibility index (Phi) is 4.66. The van der Waals surface area contributed by atoms with E-state index in [4.69, 9.17) is 9.15 Å². The van der Waals surface area contributed by atoms with Crippen molar-refractivity contribution in [3.63, 3.8) is 0 Å². The maximum atomic E-state index is 5.49. The van der Waals surface area contributed by atoms with Gasteiger partial charge in [0.1, 0.15) is 18.6 Å². The van der Waals surface area contributed by atoms with Crippen LogP contribution in [0.5, 0.6) is 0 Å². The van der Waals surface area contributed by atoms with E-state index in [1.807, 2.05) is 60.7 Å². The van der Waals surface area contributed by atoms with Crippen LogP contribution in [0.1, 0.15) is 11.5 Å². The van der Waals surface area contributed by atoms with Gasteiger partial charge in [-0.2, -0.15) is 0 Å². The third kappa shape index (κ3) is 3.85. The van der Waals surface area contributed by atoms with Gasteiger partial charge in [-0.15, -0.1) is 0 Å². The molecule has 0 aliphatic heterocycles. The third-order valence-corrected chi connectivity index (χ3v) is 3.05. The predicted octanol–water partition coefficient (Wildman–Crippen LogP) is 3.91. The fourth-order valence-corrected chi connectivity index (χ4v) is 1.98. The smallest absolute Gasteiger partial charge is 0.273 e. The molecule has 0 unspecified atom stereocenters. The van der Waals surface area contributed by atoms with Gasteiger partial charge in [0.25, 0.3) is 5.89 Å². The minimum Gasteiger partial charge on any atom is -0.438 e. The first-order valence-corrected chi connectivity index (χ1v) is 7.03. The predicted molar refractivity (Wildman–Crippen MR) is 84.9 cm³/mol. The van der Waals surface area contributed by atoms with E-state index in [0.29, 0.717) is 19.1 Å². The van der Waals surface area contributed by atoms with Crippen LogP contribution in [0.25, 0.3) is 11.3 Å². The molecule has 3 nitrogen and oxygen atoms in total. The number of benzene rings is 2. The highest BCUT2D eigenvalue weighted by molar-refractivity contribution is 5.57. The van der Waals surface area contributed by atoms with Crippen molar-refractivity contribution in [1.82, 2.24) is 4.98 Å². The van der Waals surface area contributed by atoms with Crippen LogP contribution >= 0.6 is 0 Å². The summed E-state index contributed by atoms with van der Waals surface area (Å²) in [6.07, 6.45) is 1.62. The molecule has 1 aromatic heterocycles. The van der Waals surface area contributed by atoms with Crippen LogP contribution in [0.2, 0.25) is 0 Å². The molecular formula is C19H15NO2. The van der Waals surface area contributed by atoms with Crippen molar-refractivity contribution in [3.8, 4) is 23.1 Å². The molecule has 2 aromatic carbocycles. The van der Waals surface area contributed by atoms with Crippen molar-refractivity contribution in [3.05, 3.63) is 78.4 Å². The van der Waals surface area contributed by atoms with E-state index in [0.717, 1.165) is 16.8 Å². The molecule has 0 saturated carbocycles. The third-order valence-electron chi connectivity index (χ3n) is 3.05. The van der Waals surface area contributed by atoms with E-state index >= 15 is 0 Å².